The molecule has 2 saturated heterocycles. The smallest absolute Gasteiger partial charge is 0.273 e. The van der Waals surface area contributed by atoms with Gasteiger partial charge in [-0.1, -0.05) is 0 Å². The number of piperidine rings is 2. The van der Waals surface area contributed by atoms with Gasteiger partial charge in [0.1, 0.15) is 5.75 Å². The van der Waals surface area contributed by atoms with Crippen molar-refractivity contribution in [2.45, 2.75) is 31.7 Å². The van der Waals surface area contributed by atoms with Gasteiger partial charge in [0.05, 0.1) is 7.11 Å². The number of primary amides is 1. The fourth-order valence-corrected chi connectivity index (χ4v) is 5.63. The van der Waals surface area contributed by atoms with E-state index in [9.17, 15) is 14.4 Å². The Kier molecular flexibility index (Phi) is 9.41. The molecule has 0 unspecified atom stereocenters. The zero-order chi connectivity index (χ0) is 31.2. The average molecular weight is 602 g/mol. The molecule has 44 heavy (non-hydrogen) atoms. The van der Waals surface area contributed by atoms with Gasteiger partial charge in [-0.05, 0) is 74.2 Å². The molecular weight excluding hydrogens is 562 g/mol. The molecule has 232 valence electrons. The zero-order valence-electron chi connectivity index (χ0n) is 25.3. The van der Waals surface area contributed by atoms with Gasteiger partial charge >= 0.3 is 0 Å². The van der Waals surface area contributed by atoms with Crippen LogP contribution in [0.4, 0.5) is 23.1 Å². The number of carbonyl (C=O) groups excluding carboxylic acids is 3. The zero-order valence-corrected chi connectivity index (χ0v) is 25.3. The minimum absolute atomic E-state index is 0.0631. The summed E-state index contributed by atoms with van der Waals surface area (Å²) in [4.78, 5) is 47.8. The Morgan fingerprint density at radius 1 is 0.932 bits per heavy atom. The van der Waals surface area contributed by atoms with E-state index in [2.05, 4.69) is 30.7 Å². The Balaban J connectivity index is 1.24. The third-order valence-corrected chi connectivity index (χ3v) is 8.08. The van der Waals surface area contributed by atoms with Crippen LogP contribution in [-0.4, -0.2) is 91.2 Å². The van der Waals surface area contributed by atoms with Gasteiger partial charge in [-0.2, -0.15) is 4.98 Å². The standard InChI is InChI=1S/C31H39N9O4/c1-38(2)30(43)21-14-17-39(18-15-21)24-10-8-22(9-11-24)33-28-26(27(32)41)36-37-31(35-28)40-16-4-5-23(19-40)34-29(42)20-6-12-25(44-3)13-7-20/h6-13,21,23H,4-5,14-19H2,1-3H3,(H2,32,41)(H,34,42)(H,33,35,37)/t23-/m1/s1. The third-order valence-electron chi connectivity index (χ3n) is 8.08. The molecule has 2 fully saturated rings. The van der Waals surface area contributed by atoms with Crippen molar-refractivity contribution in [3.63, 3.8) is 0 Å². The predicted octanol–water partition coefficient (Wildman–Crippen LogP) is 2.43. The summed E-state index contributed by atoms with van der Waals surface area (Å²) in [6.45, 7) is 2.78. The first-order valence-electron chi connectivity index (χ1n) is 14.8. The minimum atomic E-state index is -0.742. The van der Waals surface area contributed by atoms with E-state index in [-0.39, 0.29) is 35.3 Å². The Morgan fingerprint density at radius 2 is 1.64 bits per heavy atom. The molecule has 2 aliphatic rings. The van der Waals surface area contributed by atoms with E-state index >= 15 is 0 Å². The third kappa shape index (κ3) is 7.16. The van der Waals surface area contributed by atoms with Gasteiger partial charge in [0.25, 0.3) is 11.8 Å². The summed E-state index contributed by atoms with van der Waals surface area (Å²) in [6.07, 6.45) is 3.26. The topological polar surface area (TPSA) is 159 Å². The molecule has 3 aromatic rings. The summed E-state index contributed by atoms with van der Waals surface area (Å²) in [5, 5.41) is 14.6. The fourth-order valence-electron chi connectivity index (χ4n) is 5.63. The Bertz CT molecular complexity index is 1470. The monoisotopic (exact) mass is 601 g/mol. The van der Waals surface area contributed by atoms with Crippen LogP contribution in [0.25, 0.3) is 0 Å². The number of ether oxygens (including phenoxy) is 1. The number of nitrogens with one attached hydrogen (secondary N) is 2. The molecule has 1 atom stereocenters. The molecule has 2 aromatic carbocycles. The summed E-state index contributed by atoms with van der Waals surface area (Å²) in [5.41, 5.74) is 7.85. The maximum absolute atomic E-state index is 12.8. The number of benzene rings is 2. The van der Waals surface area contributed by atoms with Crippen molar-refractivity contribution in [2.75, 3.05) is 62.5 Å². The van der Waals surface area contributed by atoms with Crippen molar-refractivity contribution in [3.8, 4) is 5.75 Å². The summed E-state index contributed by atoms with van der Waals surface area (Å²) in [7, 11) is 5.18. The van der Waals surface area contributed by atoms with Crippen molar-refractivity contribution in [1.29, 1.82) is 0 Å². The van der Waals surface area contributed by atoms with Gasteiger partial charge in [-0.3, -0.25) is 14.4 Å². The van der Waals surface area contributed by atoms with Gasteiger partial charge in [0.15, 0.2) is 11.5 Å². The molecule has 4 N–H and O–H groups in total. The van der Waals surface area contributed by atoms with Gasteiger partial charge in [0, 0.05) is 69.2 Å². The Morgan fingerprint density at radius 3 is 2.27 bits per heavy atom. The number of amides is 3. The van der Waals surface area contributed by atoms with Gasteiger partial charge in [-0.25, -0.2) is 0 Å². The van der Waals surface area contributed by atoms with Gasteiger partial charge in [0.2, 0.25) is 11.9 Å². The lowest BCUT2D eigenvalue weighted by Crippen LogP contribution is -2.48. The number of methoxy groups -OCH3 is 1. The summed E-state index contributed by atoms with van der Waals surface area (Å²) >= 11 is 0. The van der Waals surface area contributed by atoms with Crippen molar-refractivity contribution >= 4 is 40.9 Å². The number of hydrogen-bond acceptors (Lipinski definition) is 10. The molecule has 0 radical (unpaired) electrons. The number of nitrogens with two attached hydrogens (primary N) is 1. The van der Waals surface area contributed by atoms with Crippen LogP contribution in [0.2, 0.25) is 0 Å². The number of hydrogen-bond donors (Lipinski definition) is 3. The second-order valence-electron chi connectivity index (χ2n) is 11.3. The van der Waals surface area contributed by atoms with Crippen LogP contribution < -0.4 is 30.9 Å². The second kappa shape index (κ2) is 13.6. The van der Waals surface area contributed by atoms with Gasteiger partial charge in [-0.15, -0.1) is 10.2 Å². The summed E-state index contributed by atoms with van der Waals surface area (Å²) < 4.78 is 5.17. The van der Waals surface area contributed by atoms with Crippen LogP contribution in [0, 0.1) is 5.92 Å². The van der Waals surface area contributed by atoms with Crippen molar-refractivity contribution < 1.29 is 19.1 Å². The van der Waals surface area contributed by atoms with Crippen LogP contribution in [-0.2, 0) is 4.79 Å². The molecule has 0 spiro atoms. The van der Waals surface area contributed by atoms with Crippen LogP contribution in [0.15, 0.2) is 48.5 Å². The normalized spacial score (nSPS) is 17.1. The molecule has 3 amide bonds. The highest BCUT2D eigenvalue weighted by molar-refractivity contribution is 5.96. The first-order chi connectivity index (χ1) is 21.2. The van der Waals surface area contributed by atoms with E-state index < -0.39 is 5.91 Å². The average Bonchev–Trinajstić information content (AvgIpc) is 3.05. The lowest BCUT2D eigenvalue weighted by atomic mass is 9.95. The highest BCUT2D eigenvalue weighted by atomic mass is 16.5. The van der Waals surface area contributed by atoms with Crippen LogP contribution in [0.5, 0.6) is 5.75 Å². The quantitative estimate of drug-likeness (QED) is 0.333. The number of aromatic nitrogens is 3. The molecule has 13 heteroatoms. The number of rotatable bonds is 9. The maximum Gasteiger partial charge on any atom is 0.273 e. The van der Waals surface area contributed by atoms with Crippen LogP contribution in [0.3, 0.4) is 0 Å². The highest BCUT2D eigenvalue weighted by Gasteiger charge is 2.27. The van der Waals surface area contributed by atoms with Crippen molar-refractivity contribution in [3.05, 3.63) is 59.8 Å². The van der Waals surface area contributed by atoms with Crippen LogP contribution in [0.1, 0.15) is 46.5 Å². The summed E-state index contributed by atoms with van der Waals surface area (Å²) in [5.74, 6) is 0.577. The highest BCUT2D eigenvalue weighted by Crippen LogP contribution is 2.27. The molecule has 2 aliphatic heterocycles. The molecule has 5 rings (SSSR count). The number of carbonyl (C=O) groups is 3. The number of anilines is 4. The van der Waals surface area contributed by atoms with Crippen molar-refractivity contribution in [1.82, 2.24) is 25.4 Å². The SMILES string of the molecule is COc1ccc(C(=O)N[C@@H]2CCCN(c3nnc(C(N)=O)c(Nc4ccc(N5CCC(C(=O)N(C)C)CC5)cc4)n3)C2)cc1. The summed E-state index contributed by atoms with van der Waals surface area (Å²) in [6, 6.07) is 14.6. The van der Waals surface area contributed by atoms with Crippen LogP contribution >= 0.6 is 0 Å². The van der Waals surface area contributed by atoms with Gasteiger partial charge < -0.3 is 35.8 Å². The fraction of sp³-hybridized carbons (Fsp3) is 0.419. The Labute approximate surface area is 256 Å². The van der Waals surface area contributed by atoms with E-state index in [1.54, 1.807) is 50.4 Å². The van der Waals surface area contributed by atoms with E-state index in [4.69, 9.17) is 10.5 Å². The second-order valence-corrected chi connectivity index (χ2v) is 11.3. The molecule has 0 aliphatic carbocycles. The van der Waals surface area contributed by atoms with E-state index in [0.717, 1.165) is 44.5 Å². The molecule has 13 nitrogen and oxygen atoms in total. The molecule has 3 heterocycles. The molecule has 1 aromatic heterocycles. The van der Waals surface area contributed by atoms with E-state index in [1.165, 1.54) is 0 Å². The lowest BCUT2D eigenvalue weighted by molar-refractivity contribution is -0.133. The predicted molar refractivity (Wildman–Crippen MR) is 167 cm³/mol. The molecule has 0 saturated carbocycles. The first kappa shape index (κ1) is 30.5. The lowest BCUT2D eigenvalue weighted by Gasteiger charge is -2.34. The largest absolute Gasteiger partial charge is 0.497 e. The number of nitrogens with zero attached hydrogens (tertiary/aromatic N) is 6. The Hall–Kier alpha value is -4.94. The minimum Gasteiger partial charge on any atom is -0.497 e. The molecule has 0 bridgehead atoms. The van der Waals surface area contributed by atoms with Crippen molar-refractivity contribution in [2.24, 2.45) is 11.7 Å². The first-order valence-corrected chi connectivity index (χ1v) is 14.8. The van der Waals surface area contributed by atoms with E-state index in [0.29, 0.717) is 36.0 Å². The van der Waals surface area contributed by atoms with E-state index in [1.807, 2.05) is 29.2 Å². The molecular formula is C31H39N9O4. The maximum atomic E-state index is 12.8.